The number of likely N-dealkylation sites (N-methyl/N-ethyl adjacent to an activating group) is 1. The molecular formula is C14H17F4NO. The summed E-state index contributed by atoms with van der Waals surface area (Å²) < 4.78 is 56.9. The molecule has 3 unspecified atom stereocenters. The third-order valence-electron chi connectivity index (χ3n) is 3.61. The summed E-state index contributed by atoms with van der Waals surface area (Å²) in [5.74, 6) is -1.25. The topological polar surface area (TPSA) is 21.3 Å². The molecule has 1 saturated heterocycles. The van der Waals surface area contributed by atoms with Crippen LogP contribution in [0.3, 0.4) is 0 Å². The van der Waals surface area contributed by atoms with Gasteiger partial charge in [0, 0.05) is 0 Å². The largest absolute Gasteiger partial charge is 0.419 e. The van der Waals surface area contributed by atoms with Gasteiger partial charge in [-0.15, -0.1) is 0 Å². The number of hydrogen-bond donors (Lipinski definition) is 1. The molecule has 1 heterocycles. The Morgan fingerprint density at radius 3 is 2.45 bits per heavy atom. The molecule has 2 rings (SSSR count). The molecule has 0 radical (unpaired) electrons. The van der Waals surface area contributed by atoms with Crippen molar-refractivity contribution >= 4 is 0 Å². The molecule has 0 spiro atoms. The Morgan fingerprint density at radius 1 is 1.30 bits per heavy atom. The van der Waals surface area contributed by atoms with Gasteiger partial charge in [-0.2, -0.15) is 13.2 Å². The van der Waals surface area contributed by atoms with E-state index in [1.807, 2.05) is 6.92 Å². The fourth-order valence-electron chi connectivity index (χ4n) is 2.60. The van der Waals surface area contributed by atoms with Gasteiger partial charge >= 0.3 is 6.18 Å². The Morgan fingerprint density at radius 2 is 2.00 bits per heavy atom. The van der Waals surface area contributed by atoms with Gasteiger partial charge in [0.05, 0.1) is 23.8 Å². The predicted octanol–water partition coefficient (Wildman–Crippen LogP) is 3.67. The van der Waals surface area contributed by atoms with Crippen LogP contribution in [0.15, 0.2) is 18.2 Å². The van der Waals surface area contributed by atoms with Gasteiger partial charge < -0.3 is 10.1 Å². The molecule has 0 aromatic heterocycles. The zero-order chi connectivity index (χ0) is 14.9. The highest BCUT2D eigenvalue weighted by Gasteiger charge is 2.35. The second-order valence-corrected chi connectivity index (χ2v) is 5.07. The van der Waals surface area contributed by atoms with Crippen LogP contribution in [-0.4, -0.2) is 19.3 Å². The minimum absolute atomic E-state index is 0.121. The van der Waals surface area contributed by atoms with Gasteiger partial charge in [-0.25, -0.2) is 4.39 Å². The molecule has 6 heteroatoms. The minimum Gasteiger partial charge on any atom is -0.373 e. The summed E-state index contributed by atoms with van der Waals surface area (Å²) in [6.07, 6.45) is -3.00. The molecule has 1 aromatic carbocycles. The molecule has 112 valence electrons. The van der Waals surface area contributed by atoms with Crippen LogP contribution >= 0.6 is 0 Å². The molecule has 1 aliphatic heterocycles. The summed E-state index contributed by atoms with van der Waals surface area (Å²) in [6.45, 7) is 1.94. The first kappa shape index (κ1) is 15.3. The van der Waals surface area contributed by atoms with E-state index in [2.05, 4.69) is 5.32 Å². The van der Waals surface area contributed by atoms with Gasteiger partial charge in [0.15, 0.2) is 0 Å². The number of ether oxygens (including phenoxy) is 1. The highest BCUT2D eigenvalue weighted by Crippen LogP contribution is 2.34. The van der Waals surface area contributed by atoms with E-state index >= 15 is 0 Å². The van der Waals surface area contributed by atoms with Gasteiger partial charge in [0.25, 0.3) is 0 Å². The maximum absolute atomic E-state index is 13.6. The normalized spacial score (nSPS) is 24.9. The molecule has 0 bridgehead atoms. The van der Waals surface area contributed by atoms with Crippen LogP contribution in [0.5, 0.6) is 0 Å². The Labute approximate surface area is 115 Å². The monoisotopic (exact) mass is 291 g/mol. The van der Waals surface area contributed by atoms with E-state index in [-0.39, 0.29) is 18.2 Å². The van der Waals surface area contributed by atoms with Crippen LogP contribution in [-0.2, 0) is 10.9 Å². The predicted molar refractivity (Wildman–Crippen MR) is 66.8 cm³/mol. The van der Waals surface area contributed by atoms with Crippen molar-refractivity contribution < 1.29 is 22.3 Å². The number of rotatable bonds is 3. The SMILES string of the molecule is CNC(c1ccc(C(F)(F)F)c(F)c1)C1CCC(C)O1. The van der Waals surface area contributed by atoms with Crippen molar-refractivity contribution in [2.24, 2.45) is 0 Å². The molecule has 1 N–H and O–H groups in total. The molecule has 0 saturated carbocycles. The van der Waals surface area contributed by atoms with Crippen molar-refractivity contribution in [3.63, 3.8) is 0 Å². The van der Waals surface area contributed by atoms with E-state index in [1.54, 1.807) is 7.05 Å². The lowest BCUT2D eigenvalue weighted by molar-refractivity contribution is -0.140. The zero-order valence-electron chi connectivity index (χ0n) is 11.3. The highest BCUT2D eigenvalue weighted by molar-refractivity contribution is 5.29. The summed E-state index contributed by atoms with van der Waals surface area (Å²) in [5, 5.41) is 2.99. The van der Waals surface area contributed by atoms with E-state index in [4.69, 9.17) is 4.74 Å². The molecular weight excluding hydrogens is 274 g/mol. The standard InChI is InChI=1S/C14H17F4NO/c1-8-3-6-12(20-8)13(19-2)9-4-5-10(11(15)7-9)14(16,17)18/h4-5,7-8,12-13,19H,3,6H2,1-2H3. The average Bonchev–Trinajstić information content (AvgIpc) is 2.75. The third-order valence-corrected chi connectivity index (χ3v) is 3.61. The summed E-state index contributed by atoms with van der Waals surface area (Å²) in [6, 6.07) is 2.72. The summed E-state index contributed by atoms with van der Waals surface area (Å²) in [5.41, 5.74) is -0.770. The van der Waals surface area contributed by atoms with Crippen LogP contribution in [0.25, 0.3) is 0 Å². The number of alkyl halides is 3. The Balaban J connectivity index is 2.25. The molecule has 2 nitrogen and oxygen atoms in total. The van der Waals surface area contributed by atoms with Gasteiger partial charge in [0.2, 0.25) is 0 Å². The number of halogens is 4. The van der Waals surface area contributed by atoms with Crippen LogP contribution in [0.2, 0.25) is 0 Å². The average molecular weight is 291 g/mol. The number of benzene rings is 1. The molecule has 1 fully saturated rings. The maximum Gasteiger partial charge on any atom is 0.419 e. The third kappa shape index (κ3) is 3.12. The summed E-state index contributed by atoms with van der Waals surface area (Å²) >= 11 is 0. The first-order valence-electron chi connectivity index (χ1n) is 6.52. The van der Waals surface area contributed by atoms with Crippen LogP contribution in [0.4, 0.5) is 17.6 Å². The van der Waals surface area contributed by atoms with Crippen molar-refractivity contribution in [3.05, 3.63) is 35.1 Å². The van der Waals surface area contributed by atoms with Crippen LogP contribution < -0.4 is 5.32 Å². The van der Waals surface area contributed by atoms with E-state index in [0.717, 1.165) is 25.0 Å². The molecule has 1 aliphatic rings. The van der Waals surface area contributed by atoms with Gasteiger partial charge in [-0.05, 0) is 44.5 Å². The molecule has 3 atom stereocenters. The molecule has 20 heavy (non-hydrogen) atoms. The molecule has 0 aliphatic carbocycles. The fourth-order valence-corrected chi connectivity index (χ4v) is 2.60. The van der Waals surface area contributed by atoms with Crippen LogP contribution in [0.1, 0.15) is 36.9 Å². The van der Waals surface area contributed by atoms with Crippen molar-refractivity contribution in [3.8, 4) is 0 Å². The van der Waals surface area contributed by atoms with Gasteiger partial charge in [-0.3, -0.25) is 0 Å². The molecule has 1 aromatic rings. The second kappa shape index (κ2) is 5.69. The lowest BCUT2D eigenvalue weighted by atomic mass is 9.98. The Hall–Kier alpha value is -1.14. The smallest absolute Gasteiger partial charge is 0.373 e. The Kier molecular flexibility index (Phi) is 4.34. The summed E-state index contributed by atoms with van der Waals surface area (Å²) in [7, 11) is 1.69. The minimum atomic E-state index is -4.67. The number of nitrogens with one attached hydrogen (secondary N) is 1. The van der Waals surface area contributed by atoms with Crippen LogP contribution in [0, 0.1) is 5.82 Å². The van der Waals surface area contributed by atoms with E-state index in [0.29, 0.717) is 5.56 Å². The maximum atomic E-state index is 13.6. The van der Waals surface area contributed by atoms with Crippen molar-refractivity contribution in [2.75, 3.05) is 7.05 Å². The lowest BCUT2D eigenvalue weighted by Crippen LogP contribution is -2.29. The highest BCUT2D eigenvalue weighted by atomic mass is 19.4. The first-order chi connectivity index (χ1) is 9.32. The fraction of sp³-hybridized carbons (Fsp3) is 0.571. The van der Waals surface area contributed by atoms with E-state index < -0.39 is 17.6 Å². The first-order valence-corrected chi connectivity index (χ1v) is 6.52. The quantitative estimate of drug-likeness (QED) is 0.858. The van der Waals surface area contributed by atoms with Gasteiger partial charge in [-0.1, -0.05) is 6.07 Å². The molecule has 0 amide bonds. The van der Waals surface area contributed by atoms with Gasteiger partial charge in [0.1, 0.15) is 5.82 Å². The zero-order valence-corrected chi connectivity index (χ0v) is 11.3. The van der Waals surface area contributed by atoms with E-state index in [9.17, 15) is 17.6 Å². The van der Waals surface area contributed by atoms with Crippen molar-refractivity contribution in [1.29, 1.82) is 0 Å². The Bertz CT molecular complexity index is 475. The summed E-state index contributed by atoms with van der Waals surface area (Å²) in [4.78, 5) is 0. The lowest BCUT2D eigenvalue weighted by Gasteiger charge is -2.24. The van der Waals surface area contributed by atoms with Crippen molar-refractivity contribution in [2.45, 2.75) is 44.2 Å². The second-order valence-electron chi connectivity index (χ2n) is 5.07. The van der Waals surface area contributed by atoms with E-state index in [1.165, 1.54) is 6.07 Å². The number of hydrogen-bond acceptors (Lipinski definition) is 2. The van der Waals surface area contributed by atoms with Crippen molar-refractivity contribution in [1.82, 2.24) is 5.32 Å².